The van der Waals surface area contributed by atoms with Crippen molar-refractivity contribution < 1.29 is 0 Å². The fourth-order valence-corrected chi connectivity index (χ4v) is 1.05. The van der Waals surface area contributed by atoms with Crippen LogP contribution in [0.5, 0.6) is 0 Å². The van der Waals surface area contributed by atoms with Gasteiger partial charge in [0, 0.05) is 11.8 Å². The van der Waals surface area contributed by atoms with E-state index in [-0.39, 0.29) is 0 Å². The van der Waals surface area contributed by atoms with Crippen molar-refractivity contribution in [3.8, 4) is 0 Å². The van der Waals surface area contributed by atoms with Gasteiger partial charge in [0.2, 0.25) is 5.95 Å². The van der Waals surface area contributed by atoms with Gasteiger partial charge in [-0.3, -0.25) is 5.43 Å². The number of hydrogen-bond acceptors (Lipinski definition) is 5. The second kappa shape index (κ2) is 2.42. The van der Waals surface area contributed by atoms with E-state index in [2.05, 4.69) is 20.6 Å². The molecule has 2 heterocycles. The molecule has 0 amide bonds. The number of hydrazine groups is 1. The van der Waals surface area contributed by atoms with E-state index in [1.807, 2.05) is 13.0 Å². The van der Waals surface area contributed by atoms with E-state index >= 15 is 0 Å². The van der Waals surface area contributed by atoms with Crippen molar-refractivity contribution in [1.82, 2.24) is 19.6 Å². The summed E-state index contributed by atoms with van der Waals surface area (Å²) in [6.07, 6.45) is 1.55. The molecule has 0 aromatic carbocycles. The molecule has 0 unspecified atom stereocenters. The number of rotatable bonds is 1. The molecule has 0 atom stereocenters. The largest absolute Gasteiger partial charge is 0.293 e. The third-order valence-corrected chi connectivity index (χ3v) is 1.55. The molecule has 3 N–H and O–H groups in total. The van der Waals surface area contributed by atoms with E-state index in [0.717, 1.165) is 11.3 Å². The monoisotopic (exact) mass is 164 g/mol. The summed E-state index contributed by atoms with van der Waals surface area (Å²) >= 11 is 0. The third-order valence-electron chi connectivity index (χ3n) is 1.55. The van der Waals surface area contributed by atoms with Crippen molar-refractivity contribution in [2.45, 2.75) is 6.92 Å². The summed E-state index contributed by atoms with van der Waals surface area (Å²) < 4.78 is 1.67. The highest BCUT2D eigenvalue weighted by atomic mass is 15.4. The second-order valence-corrected chi connectivity index (χ2v) is 2.42. The van der Waals surface area contributed by atoms with Crippen LogP contribution in [0.2, 0.25) is 0 Å². The van der Waals surface area contributed by atoms with Crippen LogP contribution >= 0.6 is 0 Å². The molecule has 0 saturated heterocycles. The summed E-state index contributed by atoms with van der Waals surface area (Å²) in [4.78, 5) is 4.14. The molecule has 0 aliphatic rings. The highest BCUT2D eigenvalue weighted by molar-refractivity contribution is 5.44. The Hall–Kier alpha value is -1.69. The van der Waals surface area contributed by atoms with Crippen LogP contribution in [0.4, 0.5) is 5.95 Å². The molecule has 0 aliphatic heterocycles. The lowest BCUT2D eigenvalue weighted by Crippen LogP contribution is -2.12. The lowest BCUT2D eigenvalue weighted by molar-refractivity contribution is 1.02. The van der Waals surface area contributed by atoms with Crippen LogP contribution in [-0.4, -0.2) is 19.6 Å². The zero-order valence-electron chi connectivity index (χ0n) is 6.52. The van der Waals surface area contributed by atoms with Crippen LogP contribution in [-0.2, 0) is 0 Å². The number of fused-ring (bicyclic) bond motifs is 1. The second-order valence-electron chi connectivity index (χ2n) is 2.42. The van der Waals surface area contributed by atoms with Gasteiger partial charge in [0.15, 0.2) is 5.65 Å². The summed E-state index contributed by atoms with van der Waals surface area (Å²) in [7, 11) is 0. The standard InChI is InChI=1S/C6H8N6/c1-4-2-5-11-8-3-12(5)6(9-4)10-7/h2-3H,7H2,1H3,(H,9,10). The Bertz CT molecular complexity index is 405. The summed E-state index contributed by atoms with van der Waals surface area (Å²) in [5.74, 6) is 5.79. The highest BCUT2D eigenvalue weighted by Gasteiger charge is 2.02. The molecule has 12 heavy (non-hydrogen) atoms. The minimum atomic E-state index is 0.537. The quantitative estimate of drug-likeness (QED) is 0.447. The molecule has 0 aliphatic carbocycles. The molecule has 6 heteroatoms. The number of nitrogens with zero attached hydrogens (tertiary/aromatic N) is 4. The van der Waals surface area contributed by atoms with Crippen LogP contribution in [0.15, 0.2) is 12.4 Å². The molecule has 2 aromatic heterocycles. The fraction of sp³-hybridized carbons (Fsp3) is 0.167. The van der Waals surface area contributed by atoms with Gasteiger partial charge in [-0.1, -0.05) is 0 Å². The Morgan fingerprint density at radius 3 is 3.17 bits per heavy atom. The molecule has 0 bridgehead atoms. The number of hydrogen-bond donors (Lipinski definition) is 2. The molecular formula is C6H8N6. The van der Waals surface area contributed by atoms with Crippen molar-refractivity contribution in [2.24, 2.45) is 5.84 Å². The average molecular weight is 164 g/mol. The Morgan fingerprint density at radius 2 is 2.42 bits per heavy atom. The van der Waals surface area contributed by atoms with Gasteiger partial charge < -0.3 is 0 Å². The zero-order chi connectivity index (χ0) is 8.55. The normalized spacial score (nSPS) is 10.5. The van der Waals surface area contributed by atoms with E-state index < -0.39 is 0 Å². The first-order chi connectivity index (χ1) is 5.81. The number of aryl methyl sites for hydroxylation is 1. The third kappa shape index (κ3) is 0.892. The van der Waals surface area contributed by atoms with Crippen LogP contribution in [0.1, 0.15) is 5.69 Å². The summed E-state index contributed by atoms with van der Waals surface area (Å²) in [6, 6.07) is 1.83. The summed E-state index contributed by atoms with van der Waals surface area (Å²) in [6.45, 7) is 1.87. The van der Waals surface area contributed by atoms with E-state index in [1.54, 1.807) is 10.7 Å². The molecule has 0 saturated carbocycles. The lowest BCUT2D eigenvalue weighted by Gasteiger charge is -2.02. The van der Waals surface area contributed by atoms with Crippen molar-refractivity contribution in [2.75, 3.05) is 5.43 Å². The first-order valence-corrected chi connectivity index (χ1v) is 3.45. The minimum absolute atomic E-state index is 0.537. The van der Waals surface area contributed by atoms with Gasteiger partial charge >= 0.3 is 0 Å². The summed E-state index contributed by atoms with van der Waals surface area (Å²) in [5, 5.41) is 7.59. The maximum atomic E-state index is 5.26. The number of nitrogens with one attached hydrogen (secondary N) is 1. The minimum Gasteiger partial charge on any atom is -0.293 e. The van der Waals surface area contributed by atoms with Crippen molar-refractivity contribution in [3.63, 3.8) is 0 Å². The number of aromatic nitrogens is 4. The van der Waals surface area contributed by atoms with E-state index in [4.69, 9.17) is 5.84 Å². The summed E-state index contributed by atoms with van der Waals surface area (Å²) in [5.41, 5.74) is 4.05. The predicted molar refractivity (Wildman–Crippen MR) is 43.3 cm³/mol. The van der Waals surface area contributed by atoms with Crippen molar-refractivity contribution >= 4 is 11.6 Å². The Balaban J connectivity index is 2.80. The number of nitrogen functional groups attached to an aromatic ring is 1. The molecule has 0 spiro atoms. The molecule has 6 nitrogen and oxygen atoms in total. The zero-order valence-corrected chi connectivity index (χ0v) is 6.52. The van der Waals surface area contributed by atoms with Gasteiger partial charge in [-0.2, -0.15) is 0 Å². The van der Waals surface area contributed by atoms with Gasteiger partial charge in [-0.05, 0) is 6.92 Å². The van der Waals surface area contributed by atoms with Crippen LogP contribution < -0.4 is 11.3 Å². The van der Waals surface area contributed by atoms with Crippen LogP contribution in [0, 0.1) is 6.92 Å². The van der Waals surface area contributed by atoms with Gasteiger partial charge in [0.1, 0.15) is 6.33 Å². The van der Waals surface area contributed by atoms with Gasteiger partial charge in [0.25, 0.3) is 0 Å². The SMILES string of the molecule is Cc1cc2nncn2c(NN)n1. The van der Waals surface area contributed by atoms with E-state index in [9.17, 15) is 0 Å². The molecule has 0 radical (unpaired) electrons. The predicted octanol–water partition coefficient (Wildman–Crippen LogP) is -0.282. The van der Waals surface area contributed by atoms with Crippen molar-refractivity contribution in [3.05, 3.63) is 18.1 Å². The van der Waals surface area contributed by atoms with E-state index in [1.165, 1.54) is 0 Å². The van der Waals surface area contributed by atoms with Crippen LogP contribution in [0.3, 0.4) is 0 Å². The average Bonchev–Trinajstić information content (AvgIpc) is 2.50. The smallest absolute Gasteiger partial charge is 0.224 e. The van der Waals surface area contributed by atoms with Gasteiger partial charge in [-0.25, -0.2) is 15.2 Å². The number of anilines is 1. The maximum Gasteiger partial charge on any atom is 0.224 e. The van der Waals surface area contributed by atoms with Crippen LogP contribution in [0.25, 0.3) is 5.65 Å². The first-order valence-electron chi connectivity index (χ1n) is 3.45. The lowest BCUT2D eigenvalue weighted by atomic mass is 10.4. The Labute approximate surface area is 68.4 Å². The van der Waals surface area contributed by atoms with Crippen molar-refractivity contribution in [1.29, 1.82) is 0 Å². The van der Waals surface area contributed by atoms with Gasteiger partial charge in [0.05, 0.1) is 0 Å². The first kappa shape index (κ1) is 6.99. The highest BCUT2D eigenvalue weighted by Crippen LogP contribution is 2.07. The Kier molecular flexibility index (Phi) is 1.41. The maximum absolute atomic E-state index is 5.26. The topological polar surface area (TPSA) is 81.1 Å². The Morgan fingerprint density at radius 1 is 1.58 bits per heavy atom. The molecule has 2 rings (SSSR count). The molecule has 0 fully saturated rings. The molecule has 62 valence electrons. The fourth-order valence-electron chi connectivity index (χ4n) is 1.05. The van der Waals surface area contributed by atoms with Gasteiger partial charge in [-0.15, -0.1) is 10.2 Å². The number of nitrogens with two attached hydrogens (primary N) is 1. The molecular weight excluding hydrogens is 156 g/mol. The molecule has 2 aromatic rings. The van der Waals surface area contributed by atoms with E-state index in [0.29, 0.717) is 5.95 Å².